The van der Waals surface area contributed by atoms with Crippen LogP contribution in [-0.2, 0) is 4.74 Å². The van der Waals surface area contributed by atoms with E-state index >= 15 is 0 Å². The van der Waals surface area contributed by atoms with Crippen molar-refractivity contribution in [1.29, 1.82) is 0 Å². The molecule has 0 unspecified atom stereocenters. The first-order valence-corrected chi connectivity index (χ1v) is 11.7. The topological polar surface area (TPSA) is 83.7 Å². The fourth-order valence-corrected chi connectivity index (χ4v) is 3.91. The number of piperazine rings is 1. The van der Waals surface area contributed by atoms with E-state index in [2.05, 4.69) is 45.3 Å². The van der Waals surface area contributed by atoms with Crippen LogP contribution in [0.1, 0.15) is 52.4 Å². The van der Waals surface area contributed by atoms with Gasteiger partial charge >= 0.3 is 6.09 Å². The lowest BCUT2D eigenvalue weighted by Gasteiger charge is -2.35. The Morgan fingerprint density at radius 2 is 1.97 bits per heavy atom. The van der Waals surface area contributed by atoms with Gasteiger partial charge in [-0.05, 0) is 46.6 Å². The van der Waals surface area contributed by atoms with Gasteiger partial charge in [0.2, 0.25) is 5.71 Å². The number of nitrogens with zero attached hydrogens (tertiary/aromatic N) is 4. The zero-order valence-corrected chi connectivity index (χ0v) is 20.8. The lowest BCUT2D eigenvalue weighted by molar-refractivity contribution is 0.0148. The van der Waals surface area contributed by atoms with Crippen LogP contribution in [0, 0.1) is 6.92 Å². The van der Waals surface area contributed by atoms with Crippen LogP contribution in [0.4, 0.5) is 10.6 Å². The second-order valence-electron chi connectivity index (χ2n) is 9.23. The second-order valence-corrected chi connectivity index (χ2v) is 9.23. The van der Waals surface area contributed by atoms with Gasteiger partial charge in [0.1, 0.15) is 23.5 Å². The van der Waals surface area contributed by atoms with Gasteiger partial charge in [0, 0.05) is 44.8 Å². The SMILES string of the molecule is C/C=C(\C=C/CC)c1c(C)oc2ncnc(NCCN3CCN(C(=O)OC(C)(C)C)CC3)c12. The number of carbonyl (C=O) groups excluding carboxylic acids is 1. The third-order valence-electron chi connectivity index (χ3n) is 5.54. The van der Waals surface area contributed by atoms with E-state index in [9.17, 15) is 4.79 Å². The van der Waals surface area contributed by atoms with Crippen LogP contribution in [0.2, 0.25) is 0 Å². The smallest absolute Gasteiger partial charge is 0.410 e. The van der Waals surface area contributed by atoms with Gasteiger partial charge in [-0.2, -0.15) is 0 Å². The van der Waals surface area contributed by atoms with Crippen LogP contribution in [0.25, 0.3) is 16.7 Å². The van der Waals surface area contributed by atoms with Crippen molar-refractivity contribution in [2.24, 2.45) is 0 Å². The van der Waals surface area contributed by atoms with Crippen molar-refractivity contribution >= 4 is 28.6 Å². The molecule has 0 spiro atoms. The van der Waals surface area contributed by atoms with Crippen LogP contribution in [0.3, 0.4) is 0 Å². The van der Waals surface area contributed by atoms with E-state index in [1.165, 1.54) is 6.33 Å². The number of amides is 1. The molecule has 2 aromatic rings. The number of aryl methyl sites for hydroxylation is 1. The Morgan fingerprint density at radius 3 is 2.61 bits per heavy atom. The quantitative estimate of drug-likeness (QED) is 0.597. The predicted molar refractivity (Wildman–Crippen MR) is 132 cm³/mol. The molecule has 0 radical (unpaired) electrons. The van der Waals surface area contributed by atoms with Gasteiger partial charge in [0.05, 0.1) is 5.39 Å². The van der Waals surface area contributed by atoms with Gasteiger partial charge in [-0.1, -0.05) is 25.2 Å². The molecule has 0 aliphatic carbocycles. The van der Waals surface area contributed by atoms with Gasteiger partial charge in [0.15, 0.2) is 0 Å². The maximum atomic E-state index is 12.3. The molecule has 0 bridgehead atoms. The summed E-state index contributed by atoms with van der Waals surface area (Å²) in [7, 11) is 0. The normalized spacial score (nSPS) is 16.1. The minimum Gasteiger partial charge on any atom is -0.444 e. The number of furan rings is 1. The van der Waals surface area contributed by atoms with E-state index in [0.29, 0.717) is 18.8 Å². The lowest BCUT2D eigenvalue weighted by atomic mass is 10.0. The molecule has 1 saturated heterocycles. The highest BCUT2D eigenvalue weighted by Gasteiger charge is 2.26. The highest BCUT2D eigenvalue weighted by atomic mass is 16.6. The van der Waals surface area contributed by atoms with E-state index in [0.717, 1.165) is 60.7 Å². The molecule has 1 fully saturated rings. The molecule has 33 heavy (non-hydrogen) atoms. The molecule has 0 aromatic carbocycles. The number of anilines is 1. The molecule has 180 valence electrons. The number of rotatable bonds is 7. The van der Waals surface area contributed by atoms with Crippen molar-refractivity contribution in [3.05, 3.63) is 35.9 Å². The molecular weight excluding hydrogens is 418 g/mol. The first kappa shape index (κ1) is 24.8. The Balaban J connectivity index is 1.62. The Morgan fingerprint density at radius 1 is 1.24 bits per heavy atom. The Labute approximate surface area is 196 Å². The molecular formula is C25H37N5O3. The first-order chi connectivity index (χ1) is 15.7. The number of carbonyl (C=O) groups is 1. The van der Waals surface area contributed by atoms with E-state index in [1.807, 2.05) is 34.6 Å². The molecule has 2 aromatic heterocycles. The number of hydrogen-bond donors (Lipinski definition) is 1. The van der Waals surface area contributed by atoms with Crippen LogP contribution in [0.5, 0.6) is 0 Å². The average molecular weight is 456 g/mol. The van der Waals surface area contributed by atoms with Gasteiger partial charge in [-0.25, -0.2) is 14.8 Å². The van der Waals surface area contributed by atoms with Crippen molar-refractivity contribution in [1.82, 2.24) is 19.8 Å². The molecule has 0 saturated carbocycles. The first-order valence-electron chi connectivity index (χ1n) is 11.7. The van der Waals surface area contributed by atoms with Crippen molar-refractivity contribution < 1.29 is 13.9 Å². The minimum atomic E-state index is -0.468. The molecule has 3 heterocycles. The maximum Gasteiger partial charge on any atom is 0.410 e. The van der Waals surface area contributed by atoms with Crippen LogP contribution >= 0.6 is 0 Å². The van der Waals surface area contributed by atoms with E-state index in [4.69, 9.17) is 9.15 Å². The molecule has 1 aliphatic rings. The summed E-state index contributed by atoms with van der Waals surface area (Å²) >= 11 is 0. The highest BCUT2D eigenvalue weighted by molar-refractivity contribution is 5.99. The average Bonchev–Trinajstić information content (AvgIpc) is 3.10. The fourth-order valence-electron chi connectivity index (χ4n) is 3.91. The van der Waals surface area contributed by atoms with Crippen LogP contribution < -0.4 is 5.32 Å². The summed E-state index contributed by atoms with van der Waals surface area (Å²) in [6.45, 7) is 16.4. The maximum absolute atomic E-state index is 12.3. The molecule has 8 nitrogen and oxygen atoms in total. The third-order valence-corrected chi connectivity index (χ3v) is 5.54. The summed E-state index contributed by atoms with van der Waals surface area (Å²) < 4.78 is 11.4. The van der Waals surface area contributed by atoms with Crippen molar-refractivity contribution in [3.8, 4) is 0 Å². The third kappa shape index (κ3) is 6.35. The number of fused-ring (bicyclic) bond motifs is 1. The van der Waals surface area contributed by atoms with Crippen LogP contribution in [0.15, 0.2) is 29.0 Å². The molecule has 0 atom stereocenters. The molecule has 3 rings (SSSR count). The molecule has 1 N–H and O–H groups in total. The van der Waals surface area contributed by atoms with Gasteiger partial charge in [0.25, 0.3) is 0 Å². The second kappa shape index (κ2) is 10.8. The minimum absolute atomic E-state index is 0.233. The van der Waals surface area contributed by atoms with Crippen molar-refractivity contribution in [2.75, 3.05) is 44.6 Å². The lowest BCUT2D eigenvalue weighted by Crippen LogP contribution is -2.50. The van der Waals surface area contributed by atoms with Crippen LogP contribution in [-0.4, -0.2) is 70.7 Å². The molecule has 1 amide bonds. The number of hydrogen-bond acceptors (Lipinski definition) is 7. The summed E-state index contributed by atoms with van der Waals surface area (Å²) in [6.07, 6.45) is 8.62. The van der Waals surface area contributed by atoms with Gasteiger partial charge in [-0.3, -0.25) is 4.90 Å². The number of ether oxygens (including phenoxy) is 1. The molecule has 1 aliphatic heterocycles. The summed E-state index contributed by atoms with van der Waals surface area (Å²) in [4.78, 5) is 25.2. The Bertz CT molecular complexity index is 1010. The largest absolute Gasteiger partial charge is 0.444 e. The van der Waals surface area contributed by atoms with Crippen molar-refractivity contribution in [3.63, 3.8) is 0 Å². The Hall–Kier alpha value is -2.87. The Kier molecular flexibility index (Phi) is 8.13. The molecule has 8 heteroatoms. The zero-order valence-electron chi connectivity index (χ0n) is 20.8. The zero-order chi connectivity index (χ0) is 24.0. The fraction of sp³-hybridized carbons (Fsp3) is 0.560. The van der Waals surface area contributed by atoms with E-state index in [1.54, 1.807) is 4.90 Å². The predicted octanol–water partition coefficient (Wildman–Crippen LogP) is 4.87. The van der Waals surface area contributed by atoms with Crippen molar-refractivity contribution in [2.45, 2.75) is 53.6 Å². The van der Waals surface area contributed by atoms with Gasteiger partial charge < -0.3 is 19.4 Å². The summed E-state index contributed by atoms with van der Waals surface area (Å²) in [6, 6.07) is 0. The highest BCUT2D eigenvalue weighted by Crippen LogP contribution is 2.34. The summed E-state index contributed by atoms with van der Waals surface area (Å²) in [5.41, 5.74) is 2.26. The monoisotopic (exact) mass is 455 g/mol. The van der Waals surface area contributed by atoms with Gasteiger partial charge in [-0.15, -0.1) is 0 Å². The standard InChI is InChI=1S/C25H37N5O3/c1-7-9-10-19(8-2)20-18(3)32-23-21(20)22(27-17-28-23)26-11-12-29-13-15-30(16-14-29)24(31)33-25(4,5)6/h8-10,17H,7,11-16H2,1-6H3,(H,26,27,28)/b10-9-,19-8+. The van der Waals surface area contributed by atoms with E-state index in [-0.39, 0.29) is 6.09 Å². The summed E-state index contributed by atoms with van der Waals surface area (Å²) in [5, 5.41) is 4.39. The number of aromatic nitrogens is 2. The number of allylic oxidation sites excluding steroid dienone is 4. The number of nitrogens with one attached hydrogen (secondary N) is 1. The van der Waals surface area contributed by atoms with E-state index < -0.39 is 5.60 Å². The summed E-state index contributed by atoms with van der Waals surface area (Å²) in [5.74, 6) is 1.61.